The smallest absolute Gasteiger partial charge is 0.106 e. The Morgan fingerprint density at radius 2 is 2.12 bits per heavy atom. The van der Waals surface area contributed by atoms with Gasteiger partial charge in [-0.2, -0.15) is 0 Å². The summed E-state index contributed by atoms with van der Waals surface area (Å²) in [5.74, 6) is 0. The molecule has 1 aromatic rings. The molecule has 1 aliphatic rings. The average molecular weight is 286 g/mol. The Kier molecular flexibility index (Phi) is 3.97. The second-order valence-electron chi connectivity index (χ2n) is 4.12. The van der Waals surface area contributed by atoms with Gasteiger partial charge < -0.3 is 15.5 Å². The molecule has 4 heteroatoms. The second-order valence-corrected chi connectivity index (χ2v) is 4.77. The highest BCUT2D eigenvalue weighted by molar-refractivity contribution is 9.09. The minimum atomic E-state index is -0.813. The van der Waals surface area contributed by atoms with Gasteiger partial charge in [-0.1, -0.05) is 34.1 Å². The van der Waals surface area contributed by atoms with Crippen molar-refractivity contribution in [3.63, 3.8) is 0 Å². The van der Waals surface area contributed by atoms with E-state index in [4.69, 9.17) is 0 Å². The molecule has 3 N–H and O–H groups in total. The van der Waals surface area contributed by atoms with Gasteiger partial charge in [0.1, 0.15) is 6.10 Å². The van der Waals surface area contributed by atoms with Crippen LogP contribution in [0.2, 0.25) is 0 Å². The van der Waals surface area contributed by atoms with Crippen LogP contribution in [0.5, 0.6) is 0 Å². The quantitative estimate of drug-likeness (QED) is 0.730. The van der Waals surface area contributed by atoms with Crippen molar-refractivity contribution in [2.24, 2.45) is 0 Å². The summed E-state index contributed by atoms with van der Waals surface area (Å²) in [6, 6.07) is 5.94. The fourth-order valence-corrected chi connectivity index (χ4v) is 2.35. The molecule has 0 radical (unpaired) electrons. The van der Waals surface area contributed by atoms with Gasteiger partial charge in [-0.25, -0.2) is 0 Å². The number of halogens is 1. The Bertz CT molecular complexity index is 370. The minimum Gasteiger partial charge on any atom is -0.389 e. The normalized spacial score (nSPS) is 18.9. The highest BCUT2D eigenvalue weighted by atomic mass is 79.9. The fourth-order valence-electron chi connectivity index (χ4n) is 1.99. The summed E-state index contributed by atoms with van der Waals surface area (Å²) in [6.07, 6.45) is -0.534. The molecule has 0 saturated heterocycles. The highest BCUT2D eigenvalue weighted by Gasteiger charge is 2.18. The number of benzene rings is 1. The van der Waals surface area contributed by atoms with Gasteiger partial charge in [-0.05, 0) is 29.7 Å². The molecule has 0 saturated carbocycles. The Labute approximate surface area is 104 Å². The molecule has 0 fully saturated rings. The van der Waals surface area contributed by atoms with Crippen LogP contribution in [0.1, 0.15) is 22.8 Å². The van der Waals surface area contributed by atoms with E-state index in [0.717, 1.165) is 25.1 Å². The molecule has 0 aromatic heterocycles. The fraction of sp³-hybridized carbons (Fsp3) is 0.500. The SMILES string of the molecule is OC(CBr)C(O)c1ccc2c(c1)CNCC2. The predicted molar refractivity (Wildman–Crippen MR) is 66.6 cm³/mol. The third-order valence-corrected chi connectivity index (χ3v) is 3.64. The van der Waals surface area contributed by atoms with Crippen LogP contribution in [0.25, 0.3) is 0 Å². The van der Waals surface area contributed by atoms with Gasteiger partial charge in [-0.15, -0.1) is 0 Å². The number of hydrogen-bond acceptors (Lipinski definition) is 3. The maximum Gasteiger partial charge on any atom is 0.106 e. The molecule has 0 aliphatic carbocycles. The Morgan fingerprint density at radius 1 is 1.31 bits per heavy atom. The molecule has 0 amide bonds. The molecule has 0 bridgehead atoms. The van der Waals surface area contributed by atoms with Crippen LogP contribution in [0.15, 0.2) is 18.2 Å². The van der Waals surface area contributed by atoms with Crippen LogP contribution in [0, 0.1) is 0 Å². The van der Waals surface area contributed by atoms with Crippen LogP contribution in [0.4, 0.5) is 0 Å². The topological polar surface area (TPSA) is 52.5 Å². The third kappa shape index (κ3) is 2.46. The van der Waals surface area contributed by atoms with Crippen LogP contribution in [0.3, 0.4) is 0 Å². The van der Waals surface area contributed by atoms with E-state index in [1.807, 2.05) is 12.1 Å². The number of alkyl halides is 1. The molecule has 2 rings (SSSR count). The van der Waals surface area contributed by atoms with E-state index in [1.165, 1.54) is 11.1 Å². The minimum absolute atomic E-state index is 0.378. The van der Waals surface area contributed by atoms with Crippen molar-refractivity contribution in [2.75, 3.05) is 11.9 Å². The van der Waals surface area contributed by atoms with Crippen molar-refractivity contribution in [2.45, 2.75) is 25.2 Å². The van der Waals surface area contributed by atoms with E-state index in [9.17, 15) is 10.2 Å². The van der Waals surface area contributed by atoms with E-state index in [2.05, 4.69) is 27.3 Å². The lowest BCUT2D eigenvalue weighted by atomic mass is 9.95. The Balaban J connectivity index is 2.22. The van der Waals surface area contributed by atoms with Gasteiger partial charge in [0.15, 0.2) is 0 Å². The zero-order valence-electron chi connectivity index (χ0n) is 8.99. The van der Waals surface area contributed by atoms with Gasteiger partial charge in [0.05, 0.1) is 6.10 Å². The standard InChI is InChI=1S/C12H16BrNO2/c13-6-11(15)12(16)9-2-1-8-3-4-14-7-10(8)5-9/h1-2,5,11-12,14-16H,3-4,6-7H2. The molecule has 2 unspecified atom stereocenters. The van der Waals surface area contributed by atoms with Crippen molar-refractivity contribution < 1.29 is 10.2 Å². The highest BCUT2D eigenvalue weighted by Crippen LogP contribution is 2.23. The Morgan fingerprint density at radius 3 is 2.88 bits per heavy atom. The van der Waals surface area contributed by atoms with Crippen LogP contribution >= 0.6 is 15.9 Å². The van der Waals surface area contributed by atoms with Crippen LogP contribution in [-0.4, -0.2) is 28.2 Å². The number of aliphatic hydroxyl groups is 2. The summed E-state index contributed by atoms with van der Waals surface area (Å²) in [4.78, 5) is 0. The zero-order valence-corrected chi connectivity index (χ0v) is 10.6. The second kappa shape index (κ2) is 5.27. The maximum atomic E-state index is 9.89. The number of fused-ring (bicyclic) bond motifs is 1. The molecule has 88 valence electrons. The predicted octanol–water partition coefficient (Wildman–Crippen LogP) is 1.12. The van der Waals surface area contributed by atoms with Crippen molar-refractivity contribution >= 4 is 15.9 Å². The van der Waals surface area contributed by atoms with Crippen molar-refractivity contribution in [3.8, 4) is 0 Å². The monoisotopic (exact) mass is 285 g/mol. The van der Waals surface area contributed by atoms with E-state index in [0.29, 0.717) is 5.33 Å². The molecule has 16 heavy (non-hydrogen) atoms. The molecule has 2 atom stereocenters. The third-order valence-electron chi connectivity index (χ3n) is 2.98. The largest absolute Gasteiger partial charge is 0.389 e. The van der Waals surface area contributed by atoms with Gasteiger partial charge in [0.25, 0.3) is 0 Å². The molecule has 1 aliphatic heterocycles. The first-order chi connectivity index (χ1) is 7.72. The molecule has 0 spiro atoms. The molecular weight excluding hydrogens is 270 g/mol. The van der Waals surface area contributed by atoms with E-state index in [1.54, 1.807) is 0 Å². The maximum absolute atomic E-state index is 9.89. The number of hydrogen-bond donors (Lipinski definition) is 3. The van der Waals surface area contributed by atoms with Crippen molar-refractivity contribution in [1.29, 1.82) is 0 Å². The van der Waals surface area contributed by atoms with Gasteiger partial charge in [0.2, 0.25) is 0 Å². The van der Waals surface area contributed by atoms with Crippen molar-refractivity contribution in [3.05, 3.63) is 34.9 Å². The van der Waals surface area contributed by atoms with Crippen molar-refractivity contribution in [1.82, 2.24) is 5.32 Å². The summed E-state index contributed by atoms with van der Waals surface area (Å²) < 4.78 is 0. The van der Waals surface area contributed by atoms with E-state index >= 15 is 0 Å². The first kappa shape index (κ1) is 12.0. The molecular formula is C12H16BrNO2. The van der Waals surface area contributed by atoms with E-state index in [-0.39, 0.29) is 0 Å². The molecule has 1 aromatic carbocycles. The molecule has 1 heterocycles. The Hall–Kier alpha value is -0.420. The van der Waals surface area contributed by atoms with Gasteiger partial charge in [0, 0.05) is 11.9 Å². The summed E-state index contributed by atoms with van der Waals surface area (Å²) in [7, 11) is 0. The van der Waals surface area contributed by atoms with Gasteiger partial charge in [-0.3, -0.25) is 0 Å². The van der Waals surface area contributed by atoms with Crippen LogP contribution < -0.4 is 5.32 Å². The summed E-state index contributed by atoms with van der Waals surface area (Å²) in [6.45, 7) is 1.86. The zero-order chi connectivity index (χ0) is 11.5. The van der Waals surface area contributed by atoms with Crippen LogP contribution in [-0.2, 0) is 13.0 Å². The van der Waals surface area contributed by atoms with Gasteiger partial charge >= 0.3 is 0 Å². The summed E-state index contributed by atoms with van der Waals surface area (Å²) in [5.41, 5.74) is 3.35. The lowest BCUT2D eigenvalue weighted by Gasteiger charge is -2.21. The van der Waals surface area contributed by atoms with E-state index < -0.39 is 12.2 Å². The average Bonchev–Trinajstić information content (AvgIpc) is 2.36. The lowest BCUT2D eigenvalue weighted by molar-refractivity contribution is 0.0342. The lowest BCUT2D eigenvalue weighted by Crippen LogP contribution is -2.25. The number of nitrogens with one attached hydrogen (secondary N) is 1. The number of rotatable bonds is 3. The number of aliphatic hydroxyl groups excluding tert-OH is 2. The first-order valence-corrected chi connectivity index (χ1v) is 6.59. The first-order valence-electron chi connectivity index (χ1n) is 5.47. The molecule has 3 nitrogen and oxygen atoms in total. The summed E-state index contributed by atoms with van der Waals surface area (Å²) >= 11 is 3.17. The summed E-state index contributed by atoms with van der Waals surface area (Å²) in [5, 5.41) is 23.1.